The molecule has 37 heavy (non-hydrogen) atoms. The number of nitrogens with zero attached hydrogens (tertiary/aromatic N) is 3. The smallest absolute Gasteiger partial charge is 0.294 e. The molecule has 0 aliphatic heterocycles. The average molecular weight is 539 g/mol. The van der Waals surface area contributed by atoms with E-state index in [4.69, 9.17) is 4.74 Å². The largest absolute Gasteiger partial charge is 0.464 e. The highest BCUT2D eigenvalue weighted by molar-refractivity contribution is 5.79. The standard InChI is InChI=1S/C20H34N4O13/c1-2-17(36-23(30)31)9-5-7-16(26)13-18(34-15-25)8-3-4-12-21-20(27)11-6-10-19(37-24(32)33)14-35-22(28)29/h15,17-19H,2-14H2,1H3,(H,21,27). The van der Waals surface area contributed by atoms with Crippen molar-refractivity contribution in [2.75, 3.05) is 13.2 Å². The van der Waals surface area contributed by atoms with Gasteiger partial charge >= 0.3 is 0 Å². The topological polar surface area (TPSA) is 230 Å². The molecule has 0 spiro atoms. The summed E-state index contributed by atoms with van der Waals surface area (Å²) in [6, 6.07) is 0. The van der Waals surface area contributed by atoms with E-state index in [2.05, 4.69) is 19.8 Å². The van der Waals surface area contributed by atoms with Crippen LogP contribution in [-0.2, 0) is 33.6 Å². The molecule has 0 bridgehead atoms. The highest BCUT2D eigenvalue weighted by Crippen LogP contribution is 2.14. The van der Waals surface area contributed by atoms with Crippen LogP contribution in [0.1, 0.15) is 77.6 Å². The summed E-state index contributed by atoms with van der Waals surface area (Å²) in [7, 11) is 0. The van der Waals surface area contributed by atoms with Crippen molar-refractivity contribution in [3.8, 4) is 0 Å². The van der Waals surface area contributed by atoms with Crippen molar-refractivity contribution in [3.05, 3.63) is 30.3 Å². The third-order valence-corrected chi connectivity index (χ3v) is 5.18. The molecule has 0 aromatic heterocycles. The molecule has 0 aromatic carbocycles. The SMILES string of the molecule is CCC(CCCC(=O)CC(CCCCNC(=O)CCCC(CO[N+](=O)[O-])O[N+](=O)[O-])OC=O)O[N+](=O)[O-]. The highest BCUT2D eigenvalue weighted by atomic mass is 17.0. The van der Waals surface area contributed by atoms with Gasteiger partial charge in [0.2, 0.25) is 5.91 Å². The van der Waals surface area contributed by atoms with Crippen LogP contribution in [0.2, 0.25) is 0 Å². The molecule has 0 radical (unpaired) electrons. The molecule has 1 amide bonds. The van der Waals surface area contributed by atoms with Crippen molar-refractivity contribution in [2.24, 2.45) is 0 Å². The number of ketones is 1. The maximum atomic E-state index is 12.2. The third-order valence-electron chi connectivity index (χ3n) is 5.18. The van der Waals surface area contributed by atoms with Crippen LogP contribution < -0.4 is 5.32 Å². The number of Topliss-reactive ketones (excluding diaryl/α,β-unsaturated/α-hetero) is 1. The van der Waals surface area contributed by atoms with E-state index in [9.17, 15) is 44.7 Å². The fourth-order valence-electron chi connectivity index (χ4n) is 3.37. The van der Waals surface area contributed by atoms with Gasteiger partial charge < -0.3 is 24.6 Å². The van der Waals surface area contributed by atoms with E-state index in [1.807, 2.05) is 0 Å². The lowest BCUT2D eigenvalue weighted by molar-refractivity contribution is -0.790. The lowest BCUT2D eigenvalue weighted by atomic mass is 10.0. The quantitative estimate of drug-likeness (QED) is 0.0758. The van der Waals surface area contributed by atoms with Gasteiger partial charge in [-0.2, -0.15) is 0 Å². The van der Waals surface area contributed by atoms with Gasteiger partial charge in [-0.05, 0) is 51.4 Å². The summed E-state index contributed by atoms with van der Waals surface area (Å²) in [4.78, 5) is 78.7. The maximum Gasteiger partial charge on any atom is 0.294 e. The molecule has 0 heterocycles. The summed E-state index contributed by atoms with van der Waals surface area (Å²) >= 11 is 0. The van der Waals surface area contributed by atoms with Crippen molar-refractivity contribution in [1.82, 2.24) is 5.32 Å². The number of amides is 1. The monoisotopic (exact) mass is 538 g/mol. The van der Waals surface area contributed by atoms with E-state index in [0.717, 1.165) is 0 Å². The Labute approximate surface area is 212 Å². The molecule has 17 heteroatoms. The van der Waals surface area contributed by atoms with E-state index in [0.29, 0.717) is 45.1 Å². The number of nitrogens with one attached hydrogen (secondary N) is 1. The molecular formula is C20H34N4O13. The molecule has 0 rings (SSSR count). The molecule has 0 saturated carbocycles. The molecule has 0 fully saturated rings. The second-order valence-corrected chi connectivity index (χ2v) is 8.06. The molecule has 1 N–H and O–H groups in total. The third kappa shape index (κ3) is 20.1. The minimum atomic E-state index is -1.17. The van der Waals surface area contributed by atoms with E-state index < -0.39 is 40.2 Å². The van der Waals surface area contributed by atoms with Crippen LogP contribution in [0.4, 0.5) is 0 Å². The van der Waals surface area contributed by atoms with Gasteiger partial charge in [-0.15, -0.1) is 30.3 Å². The van der Waals surface area contributed by atoms with Crippen LogP contribution in [0.3, 0.4) is 0 Å². The first-order valence-electron chi connectivity index (χ1n) is 11.8. The van der Waals surface area contributed by atoms with Gasteiger partial charge in [-0.3, -0.25) is 14.4 Å². The van der Waals surface area contributed by atoms with Crippen LogP contribution in [0.25, 0.3) is 0 Å². The summed E-state index contributed by atoms with van der Waals surface area (Å²) in [5, 5.41) is 30.7. The Kier molecular flexibility index (Phi) is 18.3. The molecule has 0 aliphatic carbocycles. The van der Waals surface area contributed by atoms with E-state index >= 15 is 0 Å². The number of hydrogen-bond acceptors (Lipinski definition) is 13. The number of carbonyl (C=O) groups excluding carboxylic acids is 3. The maximum absolute atomic E-state index is 12.2. The molecule has 17 nitrogen and oxygen atoms in total. The van der Waals surface area contributed by atoms with E-state index in [1.54, 1.807) is 6.92 Å². The summed E-state index contributed by atoms with van der Waals surface area (Å²) in [6.07, 6.45) is 0.751. The van der Waals surface area contributed by atoms with Crippen LogP contribution in [0, 0.1) is 30.3 Å². The molecule has 3 atom stereocenters. The first-order valence-corrected chi connectivity index (χ1v) is 11.8. The summed E-state index contributed by atoms with van der Waals surface area (Å²) < 4.78 is 4.96. The van der Waals surface area contributed by atoms with Crippen molar-refractivity contribution in [3.63, 3.8) is 0 Å². The van der Waals surface area contributed by atoms with E-state index in [-0.39, 0.29) is 50.3 Å². The molecule has 3 unspecified atom stereocenters. The van der Waals surface area contributed by atoms with Crippen molar-refractivity contribution < 1.29 is 48.9 Å². The average Bonchev–Trinajstić information content (AvgIpc) is 2.80. The van der Waals surface area contributed by atoms with E-state index in [1.165, 1.54) is 0 Å². The molecule has 212 valence electrons. The van der Waals surface area contributed by atoms with Gasteiger partial charge in [-0.25, -0.2) is 0 Å². The van der Waals surface area contributed by atoms with Gasteiger partial charge in [-0.1, -0.05) is 6.92 Å². The first-order chi connectivity index (χ1) is 17.6. The van der Waals surface area contributed by atoms with Gasteiger partial charge in [0.15, 0.2) is 0 Å². The minimum absolute atomic E-state index is 0.00281. The summed E-state index contributed by atoms with van der Waals surface area (Å²) in [5.41, 5.74) is 0. The Hall–Kier alpha value is -3.79. The van der Waals surface area contributed by atoms with Crippen molar-refractivity contribution >= 4 is 18.2 Å². The highest BCUT2D eigenvalue weighted by Gasteiger charge is 2.18. The van der Waals surface area contributed by atoms with Gasteiger partial charge in [0.1, 0.15) is 30.7 Å². The number of hydrogen-bond donors (Lipinski definition) is 1. The zero-order valence-corrected chi connectivity index (χ0v) is 20.7. The lowest BCUT2D eigenvalue weighted by Crippen LogP contribution is -2.27. The van der Waals surface area contributed by atoms with Gasteiger partial charge in [0.25, 0.3) is 21.7 Å². The molecule has 0 aromatic rings. The second kappa shape index (κ2) is 20.4. The number of carbonyl (C=O) groups is 3. The minimum Gasteiger partial charge on any atom is -0.464 e. The summed E-state index contributed by atoms with van der Waals surface area (Å²) in [5.74, 6) is -0.462. The molecule has 0 saturated heterocycles. The normalized spacial score (nSPS) is 12.9. The molecule has 0 aliphatic rings. The lowest BCUT2D eigenvalue weighted by Gasteiger charge is -2.15. The van der Waals surface area contributed by atoms with Crippen molar-refractivity contribution in [1.29, 1.82) is 0 Å². The van der Waals surface area contributed by atoms with Crippen LogP contribution in [0.15, 0.2) is 0 Å². The zero-order valence-electron chi connectivity index (χ0n) is 20.7. The van der Waals surface area contributed by atoms with Crippen LogP contribution >= 0.6 is 0 Å². The first kappa shape index (κ1) is 33.2. The number of unbranched alkanes of at least 4 members (excludes halogenated alkanes) is 1. The Morgan fingerprint density at radius 2 is 1.43 bits per heavy atom. The van der Waals surface area contributed by atoms with Crippen LogP contribution in [0.5, 0.6) is 0 Å². The number of ether oxygens (including phenoxy) is 1. The summed E-state index contributed by atoms with van der Waals surface area (Å²) in [6.45, 7) is 1.70. The van der Waals surface area contributed by atoms with Crippen LogP contribution in [-0.4, -0.2) is 64.9 Å². The zero-order chi connectivity index (χ0) is 28.1. The Balaban J connectivity index is 4.14. The Morgan fingerprint density at radius 3 is 2.03 bits per heavy atom. The Morgan fingerprint density at radius 1 is 0.838 bits per heavy atom. The Bertz CT molecular complexity index is 737. The predicted octanol–water partition coefficient (Wildman–Crippen LogP) is 1.89. The number of rotatable bonds is 25. The second-order valence-electron chi connectivity index (χ2n) is 8.06. The van der Waals surface area contributed by atoms with Gasteiger partial charge in [0, 0.05) is 25.8 Å². The fraction of sp³-hybridized carbons (Fsp3) is 0.850. The predicted molar refractivity (Wildman–Crippen MR) is 122 cm³/mol. The molecular weight excluding hydrogens is 504 g/mol. The van der Waals surface area contributed by atoms with Gasteiger partial charge in [0.05, 0.1) is 0 Å². The fourth-order valence-corrected chi connectivity index (χ4v) is 3.37. The van der Waals surface area contributed by atoms with Crippen molar-refractivity contribution in [2.45, 2.75) is 95.9 Å².